The number of hydrogen-bond donors (Lipinski definition) is 0. The minimum atomic E-state index is 0.534. The summed E-state index contributed by atoms with van der Waals surface area (Å²) in [6.45, 7) is 2.21. The summed E-state index contributed by atoms with van der Waals surface area (Å²) in [5.74, 6) is 3.05. The molecule has 0 bridgehead atoms. The first-order valence-electron chi connectivity index (χ1n) is 8.26. The van der Waals surface area contributed by atoms with Gasteiger partial charge in [-0.15, -0.1) is 22.7 Å². The second-order valence-corrected chi connectivity index (χ2v) is 8.18. The summed E-state index contributed by atoms with van der Waals surface area (Å²) in [6, 6.07) is 0. The second-order valence-electron chi connectivity index (χ2n) is 5.89. The van der Waals surface area contributed by atoms with E-state index in [4.69, 9.17) is 23.9 Å². The van der Waals surface area contributed by atoms with Gasteiger partial charge in [0.25, 0.3) is 0 Å². The van der Waals surface area contributed by atoms with Crippen molar-refractivity contribution < 1.29 is 18.9 Å². The van der Waals surface area contributed by atoms with Gasteiger partial charge in [-0.05, 0) is 0 Å². The lowest BCUT2D eigenvalue weighted by molar-refractivity contribution is 0.174. The van der Waals surface area contributed by atoms with Crippen LogP contribution in [-0.4, -0.2) is 40.2 Å². The van der Waals surface area contributed by atoms with Crippen LogP contribution in [0.15, 0.2) is 17.0 Å². The normalized spacial score (nSPS) is 15.3. The fraction of sp³-hybridized carbons (Fsp3) is 0.235. The minimum Gasteiger partial charge on any atom is -0.485 e. The van der Waals surface area contributed by atoms with Crippen LogP contribution in [0.5, 0.6) is 23.0 Å². The number of pyridine rings is 1. The molecule has 4 aromatic rings. The molecule has 0 aliphatic carbocycles. The standard InChI is InChI=1S/C17H11N3O4S3/c1-3-23-14-9(21-1)6-25-16(14)8-5-18-13(12-11(8)19-27-20-12)17-15-10(7-26-17)22-2-4-24-15/h5-7H,1-4H2. The molecule has 0 spiro atoms. The lowest BCUT2D eigenvalue weighted by Crippen LogP contribution is -2.14. The molecule has 0 amide bonds. The summed E-state index contributed by atoms with van der Waals surface area (Å²) in [7, 11) is 0. The molecule has 4 aromatic heterocycles. The molecule has 6 rings (SSSR count). The quantitative estimate of drug-likeness (QED) is 0.486. The first-order chi connectivity index (χ1) is 13.4. The molecule has 0 aromatic carbocycles. The van der Waals surface area contributed by atoms with E-state index in [1.807, 2.05) is 17.0 Å². The highest BCUT2D eigenvalue weighted by Gasteiger charge is 2.27. The van der Waals surface area contributed by atoms with E-state index in [0.29, 0.717) is 26.4 Å². The molecule has 2 aliphatic rings. The Balaban J connectivity index is 1.53. The fourth-order valence-electron chi connectivity index (χ4n) is 3.18. The monoisotopic (exact) mass is 417 g/mol. The van der Waals surface area contributed by atoms with Gasteiger partial charge in [0, 0.05) is 22.5 Å². The van der Waals surface area contributed by atoms with Gasteiger partial charge in [0.1, 0.15) is 48.0 Å². The highest BCUT2D eigenvalue weighted by Crippen LogP contribution is 2.50. The highest BCUT2D eigenvalue weighted by atomic mass is 32.1. The zero-order valence-electron chi connectivity index (χ0n) is 13.8. The Morgan fingerprint density at radius 2 is 1.37 bits per heavy atom. The molecule has 0 saturated carbocycles. The van der Waals surface area contributed by atoms with E-state index >= 15 is 0 Å². The van der Waals surface area contributed by atoms with Gasteiger partial charge >= 0.3 is 0 Å². The van der Waals surface area contributed by atoms with E-state index in [2.05, 4.69) is 8.75 Å². The van der Waals surface area contributed by atoms with Crippen LogP contribution in [0.3, 0.4) is 0 Å². The van der Waals surface area contributed by atoms with Crippen molar-refractivity contribution in [2.24, 2.45) is 0 Å². The SMILES string of the molecule is c1sc(-c2cnc(-c3scc4c3OCCO4)c3nsnc23)c2c1OCCO2. The molecule has 0 atom stereocenters. The zero-order valence-corrected chi connectivity index (χ0v) is 16.2. The smallest absolute Gasteiger partial charge is 0.181 e. The summed E-state index contributed by atoms with van der Waals surface area (Å²) in [4.78, 5) is 6.61. The van der Waals surface area contributed by atoms with Crippen LogP contribution in [0.2, 0.25) is 0 Å². The predicted molar refractivity (Wildman–Crippen MR) is 104 cm³/mol. The van der Waals surface area contributed by atoms with Crippen LogP contribution < -0.4 is 18.9 Å². The van der Waals surface area contributed by atoms with Crippen LogP contribution >= 0.6 is 34.4 Å². The van der Waals surface area contributed by atoms with Gasteiger partial charge in [-0.1, -0.05) is 0 Å². The Morgan fingerprint density at radius 3 is 2.15 bits per heavy atom. The average molecular weight is 417 g/mol. The molecule has 136 valence electrons. The Bertz CT molecular complexity index is 1080. The fourth-order valence-corrected chi connectivity index (χ4v) is 5.61. The average Bonchev–Trinajstić information content (AvgIpc) is 3.45. The van der Waals surface area contributed by atoms with E-state index < -0.39 is 0 Å². The van der Waals surface area contributed by atoms with E-state index in [1.54, 1.807) is 22.7 Å². The molecule has 0 unspecified atom stereocenters. The molecule has 7 nitrogen and oxygen atoms in total. The van der Waals surface area contributed by atoms with Crippen molar-refractivity contribution in [1.29, 1.82) is 0 Å². The van der Waals surface area contributed by atoms with Crippen molar-refractivity contribution in [2.75, 3.05) is 26.4 Å². The third-order valence-corrected chi connectivity index (χ3v) is 6.80. The van der Waals surface area contributed by atoms with Gasteiger partial charge in [0.05, 0.1) is 16.6 Å². The minimum absolute atomic E-state index is 0.534. The Hall–Kier alpha value is -2.43. The van der Waals surface area contributed by atoms with Gasteiger partial charge in [-0.3, -0.25) is 4.98 Å². The Morgan fingerprint density at radius 1 is 0.741 bits per heavy atom. The highest BCUT2D eigenvalue weighted by molar-refractivity contribution is 7.15. The molecular formula is C17H11N3O4S3. The molecule has 27 heavy (non-hydrogen) atoms. The van der Waals surface area contributed by atoms with Crippen molar-refractivity contribution in [1.82, 2.24) is 13.7 Å². The van der Waals surface area contributed by atoms with Crippen LogP contribution in [-0.2, 0) is 0 Å². The molecule has 10 heteroatoms. The molecular weight excluding hydrogens is 406 g/mol. The van der Waals surface area contributed by atoms with Crippen molar-refractivity contribution >= 4 is 45.4 Å². The second kappa shape index (κ2) is 6.04. The van der Waals surface area contributed by atoms with E-state index in [9.17, 15) is 0 Å². The maximum Gasteiger partial charge on any atom is 0.181 e. The van der Waals surface area contributed by atoms with Gasteiger partial charge in [-0.25, -0.2) is 0 Å². The summed E-state index contributed by atoms with van der Waals surface area (Å²) in [5, 5.41) is 3.91. The number of nitrogens with zero attached hydrogens (tertiary/aromatic N) is 3. The van der Waals surface area contributed by atoms with Gasteiger partial charge in [0.15, 0.2) is 23.0 Å². The maximum atomic E-state index is 5.83. The van der Waals surface area contributed by atoms with E-state index in [-0.39, 0.29) is 0 Å². The number of thiophene rings is 2. The number of aromatic nitrogens is 3. The zero-order chi connectivity index (χ0) is 17.8. The van der Waals surface area contributed by atoms with Crippen LogP contribution in [0, 0.1) is 0 Å². The first-order valence-corrected chi connectivity index (χ1v) is 10.8. The number of rotatable bonds is 2. The number of hydrogen-bond acceptors (Lipinski definition) is 10. The Kier molecular flexibility index (Phi) is 3.49. The number of fused-ring (bicyclic) bond motifs is 3. The van der Waals surface area contributed by atoms with Crippen LogP contribution in [0.1, 0.15) is 0 Å². The van der Waals surface area contributed by atoms with Gasteiger partial charge < -0.3 is 18.9 Å². The van der Waals surface area contributed by atoms with Gasteiger partial charge in [0.2, 0.25) is 0 Å². The van der Waals surface area contributed by atoms with Crippen molar-refractivity contribution in [3.05, 3.63) is 17.0 Å². The molecule has 6 heterocycles. The molecule has 0 radical (unpaired) electrons. The number of ether oxygens (including phenoxy) is 4. The summed E-state index contributed by atoms with van der Waals surface area (Å²) in [5.41, 5.74) is 3.24. The third kappa shape index (κ3) is 2.33. The lowest BCUT2D eigenvalue weighted by Gasteiger charge is -2.16. The summed E-state index contributed by atoms with van der Waals surface area (Å²) in [6.07, 6.45) is 1.83. The predicted octanol–water partition coefficient (Wildman–Crippen LogP) is 4.09. The summed E-state index contributed by atoms with van der Waals surface area (Å²) >= 11 is 4.29. The topological polar surface area (TPSA) is 75.6 Å². The first kappa shape index (κ1) is 15.6. The Labute approximate surface area is 165 Å². The lowest BCUT2D eigenvalue weighted by atomic mass is 10.1. The summed E-state index contributed by atoms with van der Waals surface area (Å²) < 4.78 is 32.0. The molecule has 2 aliphatic heterocycles. The molecule has 0 saturated heterocycles. The molecule has 0 N–H and O–H groups in total. The third-order valence-electron chi connectivity index (χ3n) is 4.35. The largest absolute Gasteiger partial charge is 0.485 e. The molecule has 0 fully saturated rings. The van der Waals surface area contributed by atoms with E-state index in [0.717, 1.165) is 55.0 Å². The van der Waals surface area contributed by atoms with Crippen LogP contribution in [0.4, 0.5) is 0 Å². The maximum absolute atomic E-state index is 5.83. The van der Waals surface area contributed by atoms with Crippen molar-refractivity contribution in [3.63, 3.8) is 0 Å². The van der Waals surface area contributed by atoms with E-state index in [1.165, 1.54) is 11.7 Å². The van der Waals surface area contributed by atoms with Crippen LogP contribution in [0.25, 0.3) is 32.0 Å². The van der Waals surface area contributed by atoms with Crippen molar-refractivity contribution in [2.45, 2.75) is 0 Å². The van der Waals surface area contributed by atoms with Gasteiger partial charge in [-0.2, -0.15) is 8.75 Å². The van der Waals surface area contributed by atoms with Crippen molar-refractivity contribution in [3.8, 4) is 44.0 Å².